The van der Waals surface area contributed by atoms with E-state index in [0.717, 1.165) is 6.54 Å². The van der Waals surface area contributed by atoms with E-state index in [0.29, 0.717) is 22.0 Å². The number of rotatable bonds is 6. The van der Waals surface area contributed by atoms with Crippen molar-refractivity contribution < 1.29 is 4.79 Å². The third-order valence-corrected chi connectivity index (χ3v) is 6.30. The molecule has 0 radical (unpaired) electrons. The van der Waals surface area contributed by atoms with Crippen LogP contribution < -0.4 is 10.9 Å². The Bertz CT molecular complexity index is 856. The van der Waals surface area contributed by atoms with E-state index in [1.165, 1.54) is 43.9 Å². The molecule has 2 aromatic rings. The Morgan fingerprint density at radius 3 is 2.63 bits per heavy atom. The van der Waals surface area contributed by atoms with Gasteiger partial charge in [-0.05, 0) is 51.7 Å². The Morgan fingerprint density at radius 1 is 1.22 bits per heavy atom. The first-order valence-corrected chi connectivity index (χ1v) is 10.8. The lowest BCUT2D eigenvalue weighted by atomic mass is 9.89. The van der Waals surface area contributed by atoms with Gasteiger partial charge in [0, 0.05) is 12.6 Å². The van der Waals surface area contributed by atoms with Gasteiger partial charge in [0.1, 0.15) is 0 Å². The molecule has 5 nitrogen and oxygen atoms in total. The van der Waals surface area contributed by atoms with Crippen molar-refractivity contribution in [3.05, 3.63) is 34.6 Å². The molecule has 1 aliphatic rings. The highest BCUT2D eigenvalue weighted by Crippen LogP contribution is 2.26. The van der Waals surface area contributed by atoms with Crippen molar-refractivity contribution in [3.8, 4) is 0 Å². The van der Waals surface area contributed by atoms with Crippen molar-refractivity contribution in [1.29, 1.82) is 0 Å². The van der Waals surface area contributed by atoms with Crippen LogP contribution in [0.1, 0.15) is 58.9 Å². The summed E-state index contributed by atoms with van der Waals surface area (Å²) < 4.78 is 1.69. The van der Waals surface area contributed by atoms with E-state index in [2.05, 4.69) is 10.3 Å². The fourth-order valence-electron chi connectivity index (χ4n) is 3.66. The molecule has 1 aliphatic carbocycles. The topological polar surface area (TPSA) is 64.0 Å². The van der Waals surface area contributed by atoms with E-state index in [1.807, 2.05) is 39.0 Å². The average Bonchev–Trinajstić information content (AvgIpc) is 2.66. The quantitative estimate of drug-likeness (QED) is 0.597. The highest BCUT2D eigenvalue weighted by Gasteiger charge is 2.21. The van der Waals surface area contributed by atoms with E-state index < -0.39 is 0 Å². The number of fused-ring (bicyclic) bond motifs is 1. The van der Waals surface area contributed by atoms with Crippen LogP contribution in [-0.2, 0) is 4.79 Å². The van der Waals surface area contributed by atoms with E-state index in [4.69, 9.17) is 0 Å². The first-order chi connectivity index (χ1) is 13.0. The van der Waals surface area contributed by atoms with E-state index in [1.54, 1.807) is 10.6 Å². The minimum absolute atomic E-state index is 0.0169. The molecule has 1 amide bonds. The monoisotopic (exact) mass is 387 g/mol. The molecule has 0 saturated heterocycles. The highest BCUT2D eigenvalue weighted by molar-refractivity contribution is 8.00. The van der Waals surface area contributed by atoms with Gasteiger partial charge in [-0.15, -0.1) is 0 Å². The summed E-state index contributed by atoms with van der Waals surface area (Å²) in [4.78, 5) is 30.1. The maximum atomic E-state index is 12.9. The summed E-state index contributed by atoms with van der Waals surface area (Å²) in [5, 5.41) is 4.02. The summed E-state index contributed by atoms with van der Waals surface area (Å²) in [6.45, 7) is 6.57. The molecule has 6 heteroatoms. The predicted molar refractivity (Wildman–Crippen MR) is 111 cm³/mol. The van der Waals surface area contributed by atoms with Crippen LogP contribution in [0.4, 0.5) is 0 Å². The van der Waals surface area contributed by atoms with Crippen LogP contribution in [0, 0.1) is 5.92 Å². The van der Waals surface area contributed by atoms with Gasteiger partial charge in [-0.1, -0.05) is 43.2 Å². The fourth-order valence-corrected chi connectivity index (χ4v) is 4.72. The van der Waals surface area contributed by atoms with Crippen LogP contribution in [0.15, 0.2) is 34.2 Å². The summed E-state index contributed by atoms with van der Waals surface area (Å²) in [7, 11) is 0. The van der Waals surface area contributed by atoms with Gasteiger partial charge in [-0.3, -0.25) is 14.2 Å². The number of aromatic nitrogens is 2. The molecule has 1 fully saturated rings. The number of carbonyl (C=O) groups excluding carboxylic acids is 1. The number of para-hydroxylation sites is 1. The minimum Gasteiger partial charge on any atom is -0.355 e. The maximum absolute atomic E-state index is 12.9. The van der Waals surface area contributed by atoms with Crippen molar-refractivity contribution in [3.63, 3.8) is 0 Å². The Hall–Kier alpha value is -1.82. The molecule has 1 N–H and O–H groups in total. The number of nitrogens with one attached hydrogen (secondary N) is 1. The third-order valence-electron chi connectivity index (χ3n) is 5.23. The first-order valence-electron chi connectivity index (χ1n) is 9.93. The zero-order chi connectivity index (χ0) is 19.4. The number of carbonyl (C=O) groups is 1. The molecule has 1 aromatic heterocycles. The van der Waals surface area contributed by atoms with Crippen molar-refractivity contribution in [2.75, 3.05) is 6.54 Å². The Balaban J connectivity index is 1.75. The number of amides is 1. The third kappa shape index (κ3) is 4.72. The number of thioether (sulfide) groups is 1. The lowest BCUT2D eigenvalue weighted by molar-refractivity contribution is -0.120. The Labute approximate surface area is 164 Å². The normalized spacial score (nSPS) is 16.6. The molecular formula is C21H29N3O2S. The first kappa shape index (κ1) is 19.9. The Kier molecular flexibility index (Phi) is 6.58. The number of benzene rings is 1. The van der Waals surface area contributed by atoms with Gasteiger partial charge in [0.05, 0.1) is 16.2 Å². The SMILES string of the molecule is CC(C)n1c(S[C@H](C)C(=O)NCC2CCCCC2)nc2ccccc2c1=O. The summed E-state index contributed by atoms with van der Waals surface area (Å²) in [6, 6.07) is 7.36. The highest BCUT2D eigenvalue weighted by atomic mass is 32.2. The maximum Gasteiger partial charge on any atom is 0.262 e. The number of hydrogen-bond donors (Lipinski definition) is 1. The molecule has 3 rings (SSSR count). The predicted octanol–water partition coefficient (Wildman–Crippen LogP) is 4.15. The molecule has 0 aliphatic heterocycles. The minimum atomic E-state index is -0.299. The zero-order valence-electron chi connectivity index (χ0n) is 16.4. The molecule has 1 saturated carbocycles. The molecule has 1 heterocycles. The Morgan fingerprint density at radius 2 is 1.93 bits per heavy atom. The molecule has 1 aromatic carbocycles. The van der Waals surface area contributed by atoms with Gasteiger partial charge in [0.2, 0.25) is 5.91 Å². The van der Waals surface area contributed by atoms with Crippen LogP contribution in [-0.4, -0.2) is 27.3 Å². The van der Waals surface area contributed by atoms with Crippen LogP contribution >= 0.6 is 11.8 Å². The average molecular weight is 388 g/mol. The number of hydrogen-bond acceptors (Lipinski definition) is 4. The van der Waals surface area contributed by atoms with Crippen molar-refractivity contribution >= 4 is 28.6 Å². The summed E-state index contributed by atoms with van der Waals surface area (Å²) in [5.41, 5.74) is 0.629. The second-order valence-electron chi connectivity index (χ2n) is 7.69. The van der Waals surface area contributed by atoms with E-state index in [9.17, 15) is 9.59 Å². The van der Waals surface area contributed by atoms with Gasteiger partial charge >= 0.3 is 0 Å². The molecule has 0 unspecified atom stereocenters. The van der Waals surface area contributed by atoms with Crippen molar-refractivity contribution in [1.82, 2.24) is 14.9 Å². The van der Waals surface area contributed by atoms with Gasteiger partial charge in [0.25, 0.3) is 5.56 Å². The van der Waals surface area contributed by atoms with Gasteiger partial charge in [0.15, 0.2) is 5.16 Å². The van der Waals surface area contributed by atoms with Crippen LogP contribution in [0.25, 0.3) is 10.9 Å². The fraction of sp³-hybridized carbons (Fsp3) is 0.571. The second kappa shape index (κ2) is 8.91. The number of nitrogens with zero attached hydrogens (tertiary/aromatic N) is 2. The zero-order valence-corrected chi connectivity index (χ0v) is 17.2. The van der Waals surface area contributed by atoms with Gasteiger partial charge in [-0.2, -0.15) is 0 Å². The van der Waals surface area contributed by atoms with Gasteiger partial charge in [-0.25, -0.2) is 4.98 Å². The van der Waals surface area contributed by atoms with Crippen molar-refractivity contribution in [2.45, 2.75) is 69.3 Å². The van der Waals surface area contributed by atoms with E-state index >= 15 is 0 Å². The molecule has 0 spiro atoms. The lowest BCUT2D eigenvalue weighted by Crippen LogP contribution is -2.36. The molecule has 27 heavy (non-hydrogen) atoms. The summed E-state index contributed by atoms with van der Waals surface area (Å²) in [6.07, 6.45) is 6.28. The lowest BCUT2D eigenvalue weighted by Gasteiger charge is -2.23. The van der Waals surface area contributed by atoms with E-state index in [-0.39, 0.29) is 22.8 Å². The molecule has 1 atom stereocenters. The summed E-state index contributed by atoms with van der Waals surface area (Å²) >= 11 is 1.36. The second-order valence-corrected chi connectivity index (χ2v) is 9.00. The summed E-state index contributed by atoms with van der Waals surface area (Å²) in [5.74, 6) is 0.621. The smallest absolute Gasteiger partial charge is 0.262 e. The van der Waals surface area contributed by atoms with Crippen LogP contribution in [0.3, 0.4) is 0 Å². The van der Waals surface area contributed by atoms with Crippen LogP contribution in [0.5, 0.6) is 0 Å². The van der Waals surface area contributed by atoms with Gasteiger partial charge < -0.3 is 5.32 Å². The molecule has 0 bridgehead atoms. The standard InChI is InChI=1S/C21H29N3O2S/c1-14(2)24-20(26)17-11-7-8-12-18(17)23-21(24)27-15(3)19(25)22-13-16-9-5-4-6-10-16/h7-8,11-12,14-16H,4-6,9-10,13H2,1-3H3,(H,22,25)/t15-/m1/s1. The van der Waals surface area contributed by atoms with Crippen molar-refractivity contribution in [2.24, 2.45) is 5.92 Å². The van der Waals surface area contributed by atoms with Crippen LogP contribution in [0.2, 0.25) is 0 Å². The molecular weight excluding hydrogens is 358 g/mol. The largest absolute Gasteiger partial charge is 0.355 e. The molecule has 146 valence electrons.